The minimum absolute atomic E-state index is 0.0169. The number of esters is 2. The normalized spacial score (nSPS) is 13.5. The molecule has 10 nitrogen and oxygen atoms in total. The van der Waals surface area contributed by atoms with Gasteiger partial charge in [-0.15, -0.1) is 0 Å². The van der Waals surface area contributed by atoms with Crippen LogP contribution in [0.4, 0.5) is 16.0 Å². The monoisotopic (exact) mass is 445 g/mol. The second kappa shape index (κ2) is 10.5. The summed E-state index contributed by atoms with van der Waals surface area (Å²) in [6, 6.07) is 5.77. The Morgan fingerprint density at radius 3 is 2.44 bits per heavy atom. The van der Waals surface area contributed by atoms with E-state index in [0.717, 1.165) is 11.8 Å². The number of nitrogens with one attached hydrogen (secondary N) is 2. The molecule has 0 bridgehead atoms. The summed E-state index contributed by atoms with van der Waals surface area (Å²) in [5.74, 6) is -1.52. The first-order chi connectivity index (χ1) is 15.4. The summed E-state index contributed by atoms with van der Waals surface area (Å²) >= 11 is 0. The highest BCUT2D eigenvalue weighted by Crippen LogP contribution is 2.18. The molecule has 2 aromatic rings. The number of H-pyrrole nitrogens is 1. The Labute approximate surface area is 183 Å². The van der Waals surface area contributed by atoms with Gasteiger partial charge in [-0.1, -0.05) is 6.07 Å². The molecule has 0 unspecified atom stereocenters. The van der Waals surface area contributed by atoms with Gasteiger partial charge in [0.25, 0.3) is 5.56 Å². The van der Waals surface area contributed by atoms with Crippen LogP contribution in [0.25, 0.3) is 0 Å². The molecule has 0 amide bonds. The number of halogens is 1. The highest BCUT2D eigenvalue weighted by Gasteiger charge is 2.22. The summed E-state index contributed by atoms with van der Waals surface area (Å²) in [5.41, 5.74) is 2.44. The zero-order valence-corrected chi connectivity index (χ0v) is 17.8. The molecule has 0 spiro atoms. The van der Waals surface area contributed by atoms with Gasteiger partial charge >= 0.3 is 11.9 Å². The summed E-state index contributed by atoms with van der Waals surface area (Å²) < 4.78 is 23.2. The van der Waals surface area contributed by atoms with E-state index in [2.05, 4.69) is 20.5 Å². The van der Waals surface area contributed by atoms with Crippen molar-refractivity contribution in [2.45, 2.75) is 26.7 Å². The smallest absolute Gasteiger partial charge is 0.343 e. The van der Waals surface area contributed by atoms with Crippen molar-refractivity contribution < 1.29 is 23.5 Å². The lowest BCUT2D eigenvalue weighted by Gasteiger charge is -2.28. The molecule has 0 atom stereocenters. The molecular weight excluding hydrogens is 421 g/mol. The number of carbonyl (C=O) groups is 2. The van der Waals surface area contributed by atoms with Gasteiger partial charge in [0, 0.05) is 31.6 Å². The van der Waals surface area contributed by atoms with Gasteiger partial charge < -0.3 is 19.4 Å². The van der Waals surface area contributed by atoms with Crippen LogP contribution in [0, 0.1) is 5.95 Å². The van der Waals surface area contributed by atoms with E-state index in [0.29, 0.717) is 31.7 Å². The van der Waals surface area contributed by atoms with E-state index < -0.39 is 23.4 Å². The topological polar surface area (TPSA) is 126 Å². The number of rotatable bonds is 7. The second-order valence-electron chi connectivity index (χ2n) is 6.84. The van der Waals surface area contributed by atoms with E-state index in [4.69, 9.17) is 9.47 Å². The molecule has 0 aromatic carbocycles. The zero-order chi connectivity index (χ0) is 23.1. The van der Waals surface area contributed by atoms with Crippen molar-refractivity contribution in [1.29, 1.82) is 0 Å². The Kier molecular flexibility index (Phi) is 7.53. The third kappa shape index (κ3) is 5.48. The van der Waals surface area contributed by atoms with Gasteiger partial charge in [0.2, 0.25) is 5.95 Å². The van der Waals surface area contributed by atoms with E-state index >= 15 is 0 Å². The molecule has 0 radical (unpaired) electrons. The standard InChI is InChI=1S/C21H24FN5O5/c1-3-31-20(29)14-12-15(21(30)32-4-2)19(28)24-18(14)26-25-13-8-10-27(11-9-13)17-7-5-6-16(22)23-17/h5-7,12H,3-4,8-11H2,1-2H3,(H2,24,26,28). The van der Waals surface area contributed by atoms with Crippen LogP contribution in [0.1, 0.15) is 47.4 Å². The summed E-state index contributed by atoms with van der Waals surface area (Å²) in [5, 5.41) is 4.31. The number of hydrogen-bond donors (Lipinski definition) is 2. The Balaban J connectivity index is 1.77. The zero-order valence-electron chi connectivity index (χ0n) is 17.8. The summed E-state index contributed by atoms with van der Waals surface area (Å²) in [4.78, 5) is 45.0. The number of hydrogen-bond acceptors (Lipinski definition) is 9. The molecule has 1 saturated heterocycles. The number of aromatic nitrogens is 2. The number of hydrazone groups is 1. The molecule has 170 valence electrons. The van der Waals surface area contributed by atoms with Crippen LogP contribution in [-0.2, 0) is 9.47 Å². The molecule has 1 aliphatic heterocycles. The van der Waals surface area contributed by atoms with Crippen LogP contribution in [-0.4, -0.2) is 53.9 Å². The van der Waals surface area contributed by atoms with Crippen LogP contribution in [0.5, 0.6) is 0 Å². The molecular formula is C21H24FN5O5. The molecule has 0 aliphatic carbocycles. The van der Waals surface area contributed by atoms with E-state index in [1.807, 2.05) is 4.90 Å². The van der Waals surface area contributed by atoms with Crippen molar-refractivity contribution in [3.05, 3.63) is 51.7 Å². The van der Waals surface area contributed by atoms with Crippen LogP contribution in [0.15, 0.2) is 34.2 Å². The van der Waals surface area contributed by atoms with Crippen molar-refractivity contribution in [3.63, 3.8) is 0 Å². The number of nitrogens with zero attached hydrogens (tertiary/aromatic N) is 3. The Bertz CT molecular complexity index is 1070. The second-order valence-corrected chi connectivity index (χ2v) is 6.84. The number of ether oxygens (including phenoxy) is 2. The van der Waals surface area contributed by atoms with E-state index in [1.54, 1.807) is 26.0 Å². The fourth-order valence-corrected chi connectivity index (χ4v) is 3.16. The highest BCUT2D eigenvalue weighted by atomic mass is 19.1. The average molecular weight is 445 g/mol. The fraction of sp³-hybridized carbons (Fsp3) is 0.381. The molecule has 2 N–H and O–H groups in total. The third-order valence-corrected chi connectivity index (χ3v) is 4.72. The first kappa shape index (κ1) is 22.9. The molecule has 2 aromatic heterocycles. The molecule has 1 aliphatic rings. The molecule has 1 fully saturated rings. The van der Waals surface area contributed by atoms with Gasteiger partial charge in [0.1, 0.15) is 22.8 Å². The van der Waals surface area contributed by atoms with E-state index in [-0.39, 0.29) is 30.2 Å². The Hall–Kier alpha value is -3.76. The van der Waals surface area contributed by atoms with Crippen LogP contribution >= 0.6 is 0 Å². The fourth-order valence-electron chi connectivity index (χ4n) is 3.16. The van der Waals surface area contributed by atoms with Crippen molar-refractivity contribution >= 4 is 29.3 Å². The minimum Gasteiger partial charge on any atom is -0.462 e. The average Bonchev–Trinajstić information content (AvgIpc) is 2.78. The lowest BCUT2D eigenvalue weighted by atomic mass is 10.1. The van der Waals surface area contributed by atoms with E-state index in [1.165, 1.54) is 6.07 Å². The lowest BCUT2D eigenvalue weighted by Crippen LogP contribution is -2.34. The number of carbonyl (C=O) groups excluding carboxylic acids is 2. The summed E-state index contributed by atoms with van der Waals surface area (Å²) in [6.07, 6.45) is 1.15. The number of aromatic amines is 1. The molecule has 0 saturated carbocycles. The Morgan fingerprint density at radius 2 is 1.81 bits per heavy atom. The maximum Gasteiger partial charge on any atom is 0.343 e. The maximum absolute atomic E-state index is 13.4. The quantitative estimate of drug-likeness (QED) is 0.378. The predicted molar refractivity (Wildman–Crippen MR) is 116 cm³/mol. The summed E-state index contributed by atoms with van der Waals surface area (Å²) in [7, 11) is 0. The van der Waals surface area contributed by atoms with Crippen molar-refractivity contribution in [3.8, 4) is 0 Å². The van der Waals surface area contributed by atoms with Crippen LogP contribution in [0.3, 0.4) is 0 Å². The highest BCUT2D eigenvalue weighted by molar-refractivity contribution is 5.98. The molecule has 32 heavy (non-hydrogen) atoms. The van der Waals surface area contributed by atoms with Gasteiger partial charge in [-0.05, 0) is 32.0 Å². The number of pyridine rings is 2. The Morgan fingerprint density at radius 1 is 1.16 bits per heavy atom. The predicted octanol–water partition coefficient (Wildman–Crippen LogP) is 2.33. The molecule has 3 heterocycles. The molecule has 11 heteroatoms. The van der Waals surface area contributed by atoms with Crippen LogP contribution < -0.4 is 15.9 Å². The van der Waals surface area contributed by atoms with Gasteiger partial charge in [-0.25, -0.2) is 14.6 Å². The molecule has 3 rings (SSSR count). The van der Waals surface area contributed by atoms with Crippen LogP contribution in [0.2, 0.25) is 0 Å². The van der Waals surface area contributed by atoms with Crippen molar-refractivity contribution in [2.75, 3.05) is 36.6 Å². The van der Waals surface area contributed by atoms with Crippen molar-refractivity contribution in [2.24, 2.45) is 5.10 Å². The third-order valence-electron chi connectivity index (χ3n) is 4.72. The van der Waals surface area contributed by atoms with Gasteiger partial charge in [0.15, 0.2) is 0 Å². The SMILES string of the molecule is CCOC(=O)c1cc(C(=O)OCC)c(=O)[nH]c1NN=C1CCN(c2cccc(F)n2)CC1. The first-order valence-corrected chi connectivity index (χ1v) is 10.2. The largest absolute Gasteiger partial charge is 0.462 e. The van der Waals surface area contributed by atoms with E-state index in [9.17, 15) is 18.8 Å². The first-order valence-electron chi connectivity index (χ1n) is 10.2. The lowest BCUT2D eigenvalue weighted by molar-refractivity contribution is 0.0523. The van der Waals surface area contributed by atoms with Gasteiger partial charge in [-0.3, -0.25) is 10.2 Å². The summed E-state index contributed by atoms with van der Waals surface area (Å²) in [6.45, 7) is 4.62. The van der Waals surface area contributed by atoms with Crippen molar-refractivity contribution in [1.82, 2.24) is 9.97 Å². The number of piperidine rings is 1. The van der Waals surface area contributed by atoms with Gasteiger partial charge in [-0.2, -0.15) is 9.49 Å². The maximum atomic E-state index is 13.4. The van der Waals surface area contributed by atoms with Gasteiger partial charge in [0.05, 0.1) is 13.2 Å². The minimum atomic E-state index is -0.838. The number of anilines is 2.